The zero-order valence-corrected chi connectivity index (χ0v) is 18.0. The highest BCUT2D eigenvalue weighted by molar-refractivity contribution is 6.14. The first-order valence-electron chi connectivity index (χ1n) is 10.4. The Labute approximate surface area is 182 Å². The molecule has 3 aromatic rings. The third-order valence-electron chi connectivity index (χ3n) is 5.10. The van der Waals surface area contributed by atoms with E-state index >= 15 is 0 Å². The lowest BCUT2D eigenvalue weighted by molar-refractivity contribution is 0.0692. The van der Waals surface area contributed by atoms with E-state index < -0.39 is 11.8 Å². The van der Waals surface area contributed by atoms with Crippen LogP contribution in [0.3, 0.4) is 0 Å². The molecule has 0 aliphatic rings. The molecule has 0 saturated carbocycles. The molecule has 0 spiro atoms. The first-order chi connectivity index (χ1) is 15.0. The fraction of sp³-hybridized carbons (Fsp3) is 0.240. The SMILES string of the molecule is CCOc1cc(-c2ccccc2N(CC)CC)ccc1C(=O)c1ncccc1C(=O)O. The van der Waals surface area contributed by atoms with Gasteiger partial charge in [0.1, 0.15) is 11.4 Å². The molecule has 31 heavy (non-hydrogen) atoms. The van der Waals surface area contributed by atoms with Crippen LogP contribution in [-0.4, -0.2) is 41.5 Å². The van der Waals surface area contributed by atoms with E-state index in [1.54, 1.807) is 6.07 Å². The first-order valence-corrected chi connectivity index (χ1v) is 10.4. The molecule has 0 saturated heterocycles. The van der Waals surface area contributed by atoms with Crippen LogP contribution >= 0.6 is 0 Å². The summed E-state index contributed by atoms with van der Waals surface area (Å²) in [7, 11) is 0. The van der Waals surface area contributed by atoms with E-state index in [0.29, 0.717) is 12.4 Å². The van der Waals surface area contributed by atoms with Crippen molar-refractivity contribution in [2.75, 3.05) is 24.6 Å². The number of pyridine rings is 1. The van der Waals surface area contributed by atoms with Gasteiger partial charge in [0.25, 0.3) is 0 Å². The maximum Gasteiger partial charge on any atom is 0.338 e. The lowest BCUT2D eigenvalue weighted by Gasteiger charge is -2.24. The average Bonchev–Trinajstić information content (AvgIpc) is 2.80. The first kappa shape index (κ1) is 22.0. The molecule has 1 heterocycles. The minimum absolute atomic E-state index is 0.104. The van der Waals surface area contributed by atoms with Crippen molar-refractivity contribution in [1.82, 2.24) is 4.98 Å². The number of carbonyl (C=O) groups excluding carboxylic acids is 1. The molecule has 0 unspecified atom stereocenters. The number of ether oxygens (including phenoxy) is 1. The Morgan fingerprint density at radius 3 is 2.39 bits per heavy atom. The van der Waals surface area contributed by atoms with Gasteiger partial charge in [0.15, 0.2) is 0 Å². The third kappa shape index (κ3) is 4.58. The summed E-state index contributed by atoms with van der Waals surface area (Å²) >= 11 is 0. The molecule has 0 amide bonds. The van der Waals surface area contributed by atoms with Crippen molar-refractivity contribution in [1.29, 1.82) is 0 Å². The number of hydrogen-bond acceptors (Lipinski definition) is 5. The van der Waals surface area contributed by atoms with Crippen molar-refractivity contribution >= 4 is 17.4 Å². The van der Waals surface area contributed by atoms with E-state index in [4.69, 9.17) is 4.74 Å². The number of benzene rings is 2. The van der Waals surface area contributed by atoms with E-state index in [9.17, 15) is 14.7 Å². The number of anilines is 1. The number of aromatic carboxylic acids is 1. The Hall–Kier alpha value is -3.67. The van der Waals surface area contributed by atoms with Gasteiger partial charge in [-0.3, -0.25) is 9.78 Å². The van der Waals surface area contributed by atoms with Crippen LogP contribution in [0.4, 0.5) is 5.69 Å². The van der Waals surface area contributed by atoms with Crippen molar-refractivity contribution in [3.8, 4) is 16.9 Å². The van der Waals surface area contributed by atoms with Crippen LogP contribution in [0, 0.1) is 0 Å². The Bertz CT molecular complexity index is 1090. The minimum Gasteiger partial charge on any atom is -0.493 e. The number of carboxylic acids is 1. The summed E-state index contributed by atoms with van der Waals surface area (Å²) < 4.78 is 5.79. The van der Waals surface area contributed by atoms with Crippen molar-refractivity contribution < 1.29 is 19.4 Å². The second-order valence-electron chi connectivity index (χ2n) is 6.87. The van der Waals surface area contributed by atoms with Gasteiger partial charge >= 0.3 is 5.97 Å². The van der Waals surface area contributed by atoms with Crippen molar-refractivity contribution in [3.05, 3.63) is 77.6 Å². The van der Waals surface area contributed by atoms with Gasteiger partial charge in [-0.15, -0.1) is 0 Å². The zero-order valence-electron chi connectivity index (χ0n) is 18.0. The molecular formula is C25H26N2O4. The Morgan fingerprint density at radius 1 is 0.968 bits per heavy atom. The molecule has 6 nitrogen and oxygen atoms in total. The van der Waals surface area contributed by atoms with E-state index in [1.807, 2.05) is 37.3 Å². The summed E-state index contributed by atoms with van der Waals surface area (Å²) in [5, 5.41) is 9.43. The number of carbonyl (C=O) groups is 2. The fourth-order valence-corrected chi connectivity index (χ4v) is 3.60. The highest BCUT2D eigenvalue weighted by atomic mass is 16.5. The van der Waals surface area contributed by atoms with Crippen molar-refractivity contribution in [3.63, 3.8) is 0 Å². The van der Waals surface area contributed by atoms with Crippen LogP contribution in [0.5, 0.6) is 5.75 Å². The second-order valence-corrected chi connectivity index (χ2v) is 6.87. The predicted octanol–water partition coefficient (Wildman–Crippen LogP) is 4.92. The van der Waals surface area contributed by atoms with Crippen LogP contribution < -0.4 is 9.64 Å². The third-order valence-corrected chi connectivity index (χ3v) is 5.10. The topological polar surface area (TPSA) is 79.7 Å². The van der Waals surface area contributed by atoms with Crippen molar-refractivity contribution in [2.24, 2.45) is 0 Å². The van der Waals surface area contributed by atoms with Crippen LogP contribution in [0.25, 0.3) is 11.1 Å². The highest BCUT2D eigenvalue weighted by Crippen LogP contribution is 2.35. The van der Waals surface area contributed by atoms with Gasteiger partial charge < -0.3 is 14.7 Å². The van der Waals surface area contributed by atoms with Crippen LogP contribution in [-0.2, 0) is 0 Å². The van der Waals surface area contributed by atoms with E-state index in [0.717, 1.165) is 29.9 Å². The summed E-state index contributed by atoms with van der Waals surface area (Å²) in [6.07, 6.45) is 1.41. The van der Waals surface area contributed by atoms with Gasteiger partial charge in [-0.05, 0) is 56.7 Å². The molecule has 0 aliphatic heterocycles. The van der Waals surface area contributed by atoms with Gasteiger partial charge in [0.2, 0.25) is 5.78 Å². The minimum atomic E-state index is -1.20. The molecule has 0 bridgehead atoms. The van der Waals surface area contributed by atoms with Gasteiger partial charge in [-0.1, -0.05) is 24.3 Å². The van der Waals surface area contributed by atoms with Crippen molar-refractivity contribution in [2.45, 2.75) is 20.8 Å². The summed E-state index contributed by atoms with van der Waals surface area (Å²) in [6, 6.07) is 16.4. The normalized spacial score (nSPS) is 10.5. The van der Waals surface area contributed by atoms with Gasteiger partial charge in [0, 0.05) is 30.5 Å². The molecule has 2 aromatic carbocycles. The highest BCUT2D eigenvalue weighted by Gasteiger charge is 2.23. The second kappa shape index (κ2) is 9.89. The fourth-order valence-electron chi connectivity index (χ4n) is 3.60. The van der Waals surface area contributed by atoms with Gasteiger partial charge in [-0.2, -0.15) is 0 Å². The lowest BCUT2D eigenvalue weighted by atomic mass is 9.97. The number of carboxylic acid groups (broad SMARTS) is 1. The van der Waals surface area contributed by atoms with Gasteiger partial charge in [-0.25, -0.2) is 4.79 Å². The molecule has 1 N–H and O–H groups in total. The maximum absolute atomic E-state index is 13.2. The van der Waals surface area contributed by atoms with E-state index in [2.05, 4.69) is 29.8 Å². The Kier molecular flexibility index (Phi) is 7.03. The Morgan fingerprint density at radius 2 is 1.71 bits per heavy atom. The van der Waals surface area contributed by atoms with E-state index in [-0.39, 0.29) is 16.8 Å². The largest absolute Gasteiger partial charge is 0.493 e. The lowest BCUT2D eigenvalue weighted by Crippen LogP contribution is -2.22. The van der Waals surface area contributed by atoms with Crippen LogP contribution in [0.15, 0.2) is 60.8 Å². The number of aromatic nitrogens is 1. The zero-order chi connectivity index (χ0) is 22.4. The average molecular weight is 418 g/mol. The maximum atomic E-state index is 13.2. The monoisotopic (exact) mass is 418 g/mol. The molecule has 6 heteroatoms. The number of rotatable bonds is 9. The standard InChI is InChI=1S/C25H26N2O4/c1-4-27(5-2)21-12-8-7-10-18(21)17-13-14-19(22(16-17)31-6-3)24(28)23-20(25(29)30)11-9-15-26-23/h7-16H,4-6H2,1-3H3,(H,29,30). The molecule has 160 valence electrons. The molecular weight excluding hydrogens is 392 g/mol. The molecule has 0 aliphatic carbocycles. The van der Waals surface area contributed by atoms with E-state index in [1.165, 1.54) is 18.3 Å². The summed E-state index contributed by atoms with van der Waals surface area (Å²) in [6.45, 7) is 8.19. The molecule has 3 rings (SSSR count). The predicted molar refractivity (Wildman–Crippen MR) is 121 cm³/mol. The molecule has 0 radical (unpaired) electrons. The Balaban J connectivity index is 2.10. The molecule has 1 aromatic heterocycles. The smallest absolute Gasteiger partial charge is 0.338 e. The molecule has 0 atom stereocenters. The molecule has 0 fully saturated rings. The number of hydrogen-bond donors (Lipinski definition) is 1. The summed E-state index contributed by atoms with van der Waals surface area (Å²) in [4.78, 5) is 31.0. The van der Waals surface area contributed by atoms with Crippen LogP contribution in [0.1, 0.15) is 47.2 Å². The summed E-state index contributed by atoms with van der Waals surface area (Å²) in [5.41, 5.74) is 3.11. The quantitative estimate of drug-likeness (QED) is 0.497. The number of nitrogens with zero attached hydrogens (tertiary/aromatic N) is 2. The van der Waals surface area contributed by atoms with Gasteiger partial charge in [0.05, 0.1) is 17.7 Å². The van der Waals surface area contributed by atoms with Crippen LogP contribution in [0.2, 0.25) is 0 Å². The summed E-state index contributed by atoms with van der Waals surface area (Å²) in [5.74, 6) is -1.27. The number of para-hydroxylation sites is 1. The number of ketones is 1.